The highest BCUT2D eigenvalue weighted by atomic mass is 16.5. The lowest BCUT2D eigenvalue weighted by Crippen LogP contribution is -2.24. The van der Waals surface area contributed by atoms with Crippen LogP contribution in [-0.4, -0.2) is 33.4 Å². The van der Waals surface area contributed by atoms with Crippen molar-refractivity contribution in [3.8, 4) is 0 Å². The van der Waals surface area contributed by atoms with Crippen molar-refractivity contribution in [3.63, 3.8) is 0 Å². The second-order valence-electron chi connectivity index (χ2n) is 5.74. The number of hydrogen-bond acceptors (Lipinski definition) is 5. The van der Waals surface area contributed by atoms with Crippen LogP contribution in [0.4, 0.5) is 16.2 Å². The van der Waals surface area contributed by atoms with Crippen LogP contribution in [0.15, 0.2) is 36.9 Å². The molecule has 1 aromatic carbocycles. The zero-order chi connectivity index (χ0) is 17.5. The number of anilines is 2. The standard InChI is InChI=1S/C16H21N5O3/c1-11(2)8-24-16(23)20-14-6-4-5-13(7-14)19-15(22)12(3)21-10-17-9-18-21/h4-7,9-12H,8H2,1-3H3,(H,19,22)(H,20,23)/t12-/m0/s1. The Hall–Kier alpha value is -2.90. The SMILES string of the molecule is CC(C)COC(=O)Nc1cccc(NC(=O)[C@H](C)n2cncn2)c1. The van der Waals surface area contributed by atoms with Gasteiger partial charge in [-0.05, 0) is 31.0 Å². The van der Waals surface area contributed by atoms with Crippen LogP contribution in [0.1, 0.15) is 26.8 Å². The molecular formula is C16H21N5O3. The summed E-state index contributed by atoms with van der Waals surface area (Å²) in [5.41, 5.74) is 1.10. The van der Waals surface area contributed by atoms with Crippen molar-refractivity contribution in [2.24, 2.45) is 5.92 Å². The van der Waals surface area contributed by atoms with Crippen LogP contribution in [0.25, 0.3) is 0 Å². The van der Waals surface area contributed by atoms with E-state index in [1.165, 1.54) is 17.3 Å². The lowest BCUT2D eigenvalue weighted by Gasteiger charge is -2.13. The Labute approximate surface area is 140 Å². The summed E-state index contributed by atoms with van der Waals surface area (Å²) in [6.07, 6.45) is 2.33. The van der Waals surface area contributed by atoms with Gasteiger partial charge in [0.25, 0.3) is 0 Å². The number of carbonyl (C=O) groups is 2. The van der Waals surface area contributed by atoms with E-state index in [1.807, 2.05) is 13.8 Å². The molecule has 1 atom stereocenters. The maximum Gasteiger partial charge on any atom is 0.411 e. The van der Waals surface area contributed by atoms with Crippen molar-refractivity contribution in [1.29, 1.82) is 0 Å². The zero-order valence-corrected chi connectivity index (χ0v) is 13.9. The van der Waals surface area contributed by atoms with Gasteiger partial charge >= 0.3 is 6.09 Å². The van der Waals surface area contributed by atoms with Crippen LogP contribution in [0.2, 0.25) is 0 Å². The number of amides is 2. The van der Waals surface area contributed by atoms with Crippen molar-refractivity contribution in [2.75, 3.05) is 17.2 Å². The average Bonchev–Trinajstić information content (AvgIpc) is 3.07. The van der Waals surface area contributed by atoms with Crippen molar-refractivity contribution in [2.45, 2.75) is 26.8 Å². The smallest absolute Gasteiger partial charge is 0.411 e. The van der Waals surface area contributed by atoms with Crippen LogP contribution in [-0.2, 0) is 9.53 Å². The number of hydrogen-bond donors (Lipinski definition) is 2. The van der Waals surface area contributed by atoms with Crippen molar-refractivity contribution in [3.05, 3.63) is 36.9 Å². The van der Waals surface area contributed by atoms with Gasteiger partial charge in [-0.1, -0.05) is 19.9 Å². The fourth-order valence-corrected chi connectivity index (χ4v) is 1.86. The molecule has 1 heterocycles. The summed E-state index contributed by atoms with van der Waals surface area (Å²) < 4.78 is 6.52. The third-order valence-corrected chi connectivity index (χ3v) is 3.14. The first-order valence-corrected chi connectivity index (χ1v) is 7.64. The van der Waals surface area contributed by atoms with E-state index in [0.29, 0.717) is 18.0 Å². The Kier molecular flexibility index (Phi) is 5.89. The van der Waals surface area contributed by atoms with Crippen LogP contribution in [0.3, 0.4) is 0 Å². The number of rotatable bonds is 6. The maximum absolute atomic E-state index is 12.2. The van der Waals surface area contributed by atoms with Crippen LogP contribution >= 0.6 is 0 Å². The molecule has 0 saturated heterocycles. The Morgan fingerprint density at radius 1 is 1.21 bits per heavy atom. The lowest BCUT2D eigenvalue weighted by molar-refractivity contribution is -0.119. The first-order chi connectivity index (χ1) is 11.5. The molecule has 0 aliphatic heterocycles. The number of benzene rings is 1. The van der Waals surface area contributed by atoms with E-state index in [9.17, 15) is 9.59 Å². The summed E-state index contributed by atoms with van der Waals surface area (Å²) >= 11 is 0. The summed E-state index contributed by atoms with van der Waals surface area (Å²) in [5, 5.41) is 9.34. The molecule has 128 valence electrons. The van der Waals surface area contributed by atoms with Gasteiger partial charge in [0.15, 0.2) is 0 Å². The maximum atomic E-state index is 12.2. The van der Waals surface area contributed by atoms with Crippen molar-refractivity contribution in [1.82, 2.24) is 14.8 Å². The quantitative estimate of drug-likeness (QED) is 0.848. The molecule has 0 unspecified atom stereocenters. The van der Waals surface area contributed by atoms with Gasteiger partial charge in [0.1, 0.15) is 18.7 Å². The zero-order valence-electron chi connectivity index (χ0n) is 13.9. The lowest BCUT2D eigenvalue weighted by atomic mass is 10.2. The molecule has 0 bridgehead atoms. The molecule has 0 saturated carbocycles. The van der Waals surface area contributed by atoms with Crippen LogP contribution in [0, 0.1) is 5.92 Å². The molecule has 0 spiro atoms. The van der Waals surface area contributed by atoms with E-state index in [4.69, 9.17) is 4.74 Å². The van der Waals surface area contributed by atoms with Crippen LogP contribution in [0.5, 0.6) is 0 Å². The van der Waals surface area contributed by atoms with Gasteiger partial charge in [0.2, 0.25) is 5.91 Å². The molecule has 2 N–H and O–H groups in total. The number of carbonyl (C=O) groups excluding carboxylic acids is 2. The normalized spacial score (nSPS) is 11.8. The molecule has 2 aromatic rings. The monoisotopic (exact) mass is 331 g/mol. The van der Waals surface area contributed by atoms with Gasteiger partial charge in [-0.3, -0.25) is 10.1 Å². The predicted molar refractivity (Wildman–Crippen MR) is 89.6 cm³/mol. The molecule has 2 rings (SSSR count). The van der Waals surface area contributed by atoms with E-state index in [-0.39, 0.29) is 11.8 Å². The molecular weight excluding hydrogens is 310 g/mol. The second kappa shape index (κ2) is 8.09. The first-order valence-electron chi connectivity index (χ1n) is 7.64. The van der Waals surface area contributed by atoms with Gasteiger partial charge in [0, 0.05) is 11.4 Å². The molecule has 0 radical (unpaired) electrons. The van der Waals surface area contributed by atoms with Crippen molar-refractivity contribution >= 4 is 23.4 Å². The molecule has 8 nitrogen and oxygen atoms in total. The Morgan fingerprint density at radius 3 is 2.54 bits per heavy atom. The fraction of sp³-hybridized carbons (Fsp3) is 0.375. The van der Waals surface area contributed by atoms with Crippen molar-refractivity contribution < 1.29 is 14.3 Å². The molecule has 0 aliphatic carbocycles. The minimum atomic E-state index is -0.525. The number of nitrogens with one attached hydrogen (secondary N) is 2. The average molecular weight is 331 g/mol. The molecule has 2 amide bonds. The predicted octanol–water partition coefficient (Wildman–Crippen LogP) is 2.68. The van der Waals surface area contributed by atoms with Crippen LogP contribution < -0.4 is 10.6 Å². The van der Waals surface area contributed by atoms with Gasteiger partial charge in [-0.15, -0.1) is 0 Å². The summed E-state index contributed by atoms with van der Waals surface area (Å²) in [7, 11) is 0. The van der Waals surface area contributed by atoms with E-state index >= 15 is 0 Å². The third kappa shape index (κ3) is 5.08. The Balaban J connectivity index is 1.95. The largest absolute Gasteiger partial charge is 0.449 e. The van der Waals surface area contributed by atoms with E-state index < -0.39 is 12.1 Å². The van der Waals surface area contributed by atoms with Gasteiger partial charge in [0.05, 0.1) is 6.61 Å². The summed E-state index contributed by atoms with van der Waals surface area (Å²) in [6.45, 7) is 5.98. The Bertz CT molecular complexity index is 685. The molecule has 0 fully saturated rings. The first kappa shape index (κ1) is 17.5. The van der Waals surface area contributed by atoms with E-state index in [1.54, 1.807) is 31.2 Å². The van der Waals surface area contributed by atoms with E-state index in [0.717, 1.165) is 0 Å². The second-order valence-corrected chi connectivity index (χ2v) is 5.74. The number of ether oxygens (including phenoxy) is 1. The minimum absolute atomic E-state index is 0.236. The number of aromatic nitrogens is 3. The molecule has 8 heteroatoms. The van der Waals surface area contributed by atoms with Gasteiger partial charge in [-0.25, -0.2) is 14.5 Å². The molecule has 24 heavy (non-hydrogen) atoms. The van der Waals surface area contributed by atoms with Gasteiger partial charge < -0.3 is 10.1 Å². The number of nitrogens with zero attached hydrogens (tertiary/aromatic N) is 3. The Morgan fingerprint density at radius 2 is 1.92 bits per heavy atom. The van der Waals surface area contributed by atoms with Gasteiger partial charge in [-0.2, -0.15) is 5.10 Å². The fourth-order valence-electron chi connectivity index (χ4n) is 1.86. The summed E-state index contributed by atoms with van der Waals surface area (Å²) in [5.74, 6) is 0.0275. The highest BCUT2D eigenvalue weighted by Crippen LogP contribution is 2.17. The highest BCUT2D eigenvalue weighted by molar-refractivity contribution is 5.94. The highest BCUT2D eigenvalue weighted by Gasteiger charge is 2.15. The topological polar surface area (TPSA) is 98.1 Å². The van der Waals surface area contributed by atoms with E-state index in [2.05, 4.69) is 20.7 Å². The minimum Gasteiger partial charge on any atom is -0.449 e. The summed E-state index contributed by atoms with van der Waals surface area (Å²) in [6, 6.07) is 6.33. The molecule has 0 aliphatic rings. The molecule has 1 aromatic heterocycles. The summed E-state index contributed by atoms with van der Waals surface area (Å²) in [4.78, 5) is 27.7. The third-order valence-electron chi connectivity index (χ3n) is 3.14.